The smallest absolute Gasteiger partial charge is 0.290 e. The van der Waals surface area contributed by atoms with Gasteiger partial charge in [-0.25, -0.2) is 0 Å². The molecule has 1 aliphatic carbocycles. The Bertz CT molecular complexity index is 973. The van der Waals surface area contributed by atoms with Crippen molar-refractivity contribution in [2.45, 2.75) is 38.1 Å². The van der Waals surface area contributed by atoms with Crippen molar-refractivity contribution in [1.29, 1.82) is 0 Å². The van der Waals surface area contributed by atoms with Crippen LogP contribution in [-0.2, 0) is 16.0 Å². The molecule has 0 spiro atoms. The van der Waals surface area contributed by atoms with Crippen molar-refractivity contribution in [2.24, 2.45) is 0 Å². The monoisotopic (exact) mass is 422 g/mol. The first-order valence-corrected chi connectivity index (χ1v) is 10.3. The number of Topliss-reactive ketones (excluding diaryl/α,β-unsaturated/α-hetero) is 1. The van der Waals surface area contributed by atoms with E-state index in [1.54, 1.807) is 6.07 Å². The first kappa shape index (κ1) is 22.2. The summed E-state index contributed by atoms with van der Waals surface area (Å²) in [6.07, 6.45) is 1.89. The average molecular weight is 422 g/mol. The molecule has 0 aromatic heterocycles. The summed E-state index contributed by atoms with van der Waals surface area (Å²) in [7, 11) is 0. The van der Waals surface area contributed by atoms with Crippen LogP contribution in [0.2, 0.25) is 0 Å². The van der Waals surface area contributed by atoms with Crippen molar-refractivity contribution in [3.8, 4) is 0 Å². The Morgan fingerprint density at radius 1 is 1.10 bits per heavy atom. The number of rotatable bonds is 3. The van der Waals surface area contributed by atoms with E-state index in [0.29, 0.717) is 37.1 Å². The number of hydrogen-bond acceptors (Lipinski definition) is 4. The summed E-state index contributed by atoms with van der Waals surface area (Å²) in [6, 6.07) is 15.4. The van der Waals surface area contributed by atoms with Gasteiger partial charge in [0.2, 0.25) is 5.91 Å². The van der Waals surface area contributed by atoms with Gasteiger partial charge in [0, 0.05) is 43.5 Å². The first-order valence-electron chi connectivity index (χ1n) is 10.3. The van der Waals surface area contributed by atoms with Gasteiger partial charge in [0.25, 0.3) is 12.4 Å². The fourth-order valence-electron chi connectivity index (χ4n) is 4.50. The number of hydrogen-bond donors (Lipinski definition) is 2. The molecule has 162 valence electrons. The first-order chi connectivity index (χ1) is 15.0. The maximum absolute atomic E-state index is 13.2. The van der Waals surface area contributed by atoms with Gasteiger partial charge in [-0.15, -0.1) is 0 Å². The molecule has 1 heterocycles. The van der Waals surface area contributed by atoms with Crippen molar-refractivity contribution in [3.05, 3.63) is 70.8 Å². The van der Waals surface area contributed by atoms with Gasteiger partial charge in [-0.1, -0.05) is 42.5 Å². The number of nitrogens with one attached hydrogen (secondary N) is 1. The Balaban J connectivity index is 0.000000858. The van der Waals surface area contributed by atoms with Gasteiger partial charge in [0.05, 0.1) is 6.04 Å². The second kappa shape index (κ2) is 10.0. The van der Waals surface area contributed by atoms with E-state index in [9.17, 15) is 14.4 Å². The number of likely N-dealkylation sites (tertiary alicyclic amines) is 1. The van der Waals surface area contributed by atoms with Crippen LogP contribution in [0.15, 0.2) is 48.5 Å². The highest BCUT2D eigenvalue weighted by molar-refractivity contribution is 6.05. The number of ketones is 1. The number of carbonyl (C=O) groups is 4. The minimum absolute atomic E-state index is 0.0478. The topological polar surface area (TPSA) is 104 Å². The molecule has 2 amide bonds. The summed E-state index contributed by atoms with van der Waals surface area (Å²) in [6.45, 7) is 2.36. The maximum Gasteiger partial charge on any atom is 0.290 e. The molecule has 2 atom stereocenters. The van der Waals surface area contributed by atoms with Crippen LogP contribution >= 0.6 is 0 Å². The highest BCUT2D eigenvalue weighted by Crippen LogP contribution is 2.31. The lowest BCUT2D eigenvalue weighted by Gasteiger charge is -2.39. The molecule has 0 saturated carbocycles. The van der Waals surface area contributed by atoms with Crippen molar-refractivity contribution < 1.29 is 24.3 Å². The molecule has 2 aromatic carbocycles. The Hall–Kier alpha value is -3.48. The summed E-state index contributed by atoms with van der Waals surface area (Å²) >= 11 is 0. The van der Waals surface area contributed by atoms with Gasteiger partial charge in [0.1, 0.15) is 0 Å². The largest absolute Gasteiger partial charge is 0.483 e. The molecule has 2 aliphatic rings. The molecule has 2 aromatic rings. The van der Waals surface area contributed by atoms with Crippen molar-refractivity contribution in [2.75, 3.05) is 13.1 Å². The molecule has 1 saturated heterocycles. The zero-order chi connectivity index (χ0) is 22.4. The average Bonchev–Trinajstić information content (AvgIpc) is 3.15. The highest BCUT2D eigenvalue weighted by Gasteiger charge is 2.34. The van der Waals surface area contributed by atoms with Crippen molar-refractivity contribution >= 4 is 24.1 Å². The SMILES string of the molecule is CC(=O)N[C@H]1CN(C(=O)c2cccc3c2CCC3=O)CC[C@H]1c1ccccc1.O=CO. The van der Waals surface area contributed by atoms with Crippen LogP contribution in [0.3, 0.4) is 0 Å². The molecule has 0 radical (unpaired) electrons. The van der Waals surface area contributed by atoms with E-state index in [2.05, 4.69) is 17.4 Å². The van der Waals surface area contributed by atoms with Crippen molar-refractivity contribution in [3.63, 3.8) is 0 Å². The zero-order valence-corrected chi connectivity index (χ0v) is 17.4. The molecule has 0 unspecified atom stereocenters. The summed E-state index contributed by atoms with van der Waals surface area (Å²) in [5, 5.41) is 9.93. The number of benzene rings is 2. The van der Waals surface area contributed by atoms with Crippen LogP contribution in [0.1, 0.15) is 57.5 Å². The second-order valence-corrected chi connectivity index (χ2v) is 7.72. The molecule has 7 heteroatoms. The Kier molecular flexibility index (Phi) is 7.18. The minimum Gasteiger partial charge on any atom is -0.483 e. The molecule has 31 heavy (non-hydrogen) atoms. The normalized spacial score (nSPS) is 19.6. The van der Waals surface area contributed by atoms with E-state index in [4.69, 9.17) is 9.90 Å². The fraction of sp³-hybridized carbons (Fsp3) is 0.333. The van der Waals surface area contributed by atoms with Gasteiger partial charge >= 0.3 is 0 Å². The van der Waals surface area contributed by atoms with E-state index < -0.39 is 0 Å². The molecule has 7 nitrogen and oxygen atoms in total. The van der Waals surface area contributed by atoms with Crippen LogP contribution in [0.4, 0.5) is 0 Å². The quantitative estimate of drug-likeness (QED) is 0.740. The fourth-order valence-corrected chi connectivity index (χ4v) is 4.50. The summed E-state index contributed by atoms with van der Waals surface area (Å²) < 4.78 is 0. The van der Waals surface area contributed by atoms with Crippen LogP contribution in [0, 0.1) is 0 Å². The van der Waals surface area contributed by atoms with Crippen LogP contribution in [-0.4, -0.2) is 53.2 Å². The second-order valence-electron chi connectivity index (χ2n) is 7.72. The summed E-state index contributed by atoms with van der Waals surface area (Å²) in [4.78, 5) is 47.2. The third-order valence-corrected chi connectivity index (χ3v) is 5.83. The number of carboxylic acid groups (broad SMARTS) is 1. The molecule has 1 aliphatic heterocycles. The standard InChI is InChI=1S/C23H24N2O3.CH2O2/c1-15(26)24-21-14-25(13-12-17(21)16-6-3-2-4-7-16)23(28)20-9-5-8-19-18(20)10-11-22(19)27;2-1-3/h2-9,17,21H,10-14H2,1H3,(H,24,26);1H,(H,2,3)/t17-,21-;/m0./s1. The van der Waals surface area contributed by atoms with Gasteiger partial charge in [-0.3, -0.25) is 19.2 Å². The van der Waals surface area contributed by atoms with Gasteiger partial charge < -0.3 is 15.3 Å². The number of piperidine rings is 1. The molecule has 2 N–H and O–H groups in total. The van der Waals surface area contributed by atoms with Crippen LogP contribution in [0.5, 0.6) is 0 Å². The predicted molar refractivity (Wildman–Crippen MR) is 115 cm³/mol. The summed E-state index contributed by atoms with van der Waals surface area (Å²) in [5.41, 5.74) is 3.37. The highest BCUT2D eigenvalue weighted by atomic mass is 16.3. The number of nitrogens with zero attached hydrogens (tertiary/aromatic N) is 1. The van der Waals surface area contributed by atoms with Crippen LogP contribution < -0.4 is 5.32 Å². The summed E-state index contributed by atoms with van der Waals surface area (Å²) in [5.74, 6) is 0.153. The minimum atomic E-state index is -0.250. The Morgan fingerprint density at radius 3 is 2.48 bits per heavy atom. The molecular weight excluding hydrogens is 396 g/mol. The molecule has 4 rings (SSSR count). The molecular formula is C24H26N2O5. The number of carbonyl (C=O) groups excluding carboxylic acids is 3. The lowest BCUT2D eigenvalue weighted by atomic mass is 9.85. The third-order valence-electron chi connectivity index (χ3n) is 5.83. The molecule has 1 fully saturated rings. The van der Waals surface area contributed by atoms with E-state index in [1.165, 1.54) is 12.5 Å². The molecule has 0 bridgehead atoms. The lowest BCUT2D eigenvalue weighted by Crippen LogP contribution is -2.52. The number of fused-ring (bicyclic) bond motifs is 1. The maximum atomic E-state index is 13.2. The Labute approximate surface area is 181 Å². The van der Waals surface area contributed by atoms with E-state index >= 15 is 0 Å². The van der Waals surface area contributed by atoms with Gasteiger partial charge in [0.15, 0.2) is 5.78 Å². The van der Waals surface area contributed by atoms with Crippen molar-refractivity contribution in [1.82, 2.24) is 10.2 Å². The van der Waals surface area contributed by atoms with E-state index in [0.717, 1.165) is 12.0 Å². The zero-order valence-electron chi connectivity index (χ0n) is 17.4. The van der Waals surface area contributed by atoms with E-state index in [1.807, 2.05) is 35.2 Å². The number of amides is 2. The predicted octanol–water partition coefficient (Wildman–Crippen LogP) is 2.65. The van der Waals surface area contributed by atoms with Crippen LogP contribution in [0.25, 0.3) is 0 Å². The third kappa shape index (κ3) is 4.99. The lowest BCUT2D eigenvalue weighted by molar-refractivity contribution is -0.123. The van der Waals surface area contributed by atoms with E-state index in [-0.39, 0.29) is 36.0 Å². The van der Waals surface area contributed by atoms with Gasteiger partial charge in [-0.05, 0) is 30.0 Å². The van der Waals surface area contributed by atoms with Gasteiger partial charge in [-0.2, -0.15) is 0 Å². The Morgan fingerprint density at radius 2 is 1.81 bits per heavy atom.